The Balaban J connectivity index is 1.28. The Morgan fingerprint density at radius 3 is 2.74 bits per heavy atom. The third-order valence-corrected chi connectivity index (χ3v) is 7.08. The largest absolute Gasteiger partial charge is 0.477 e. The first kappa shape index (κ1) is 24.3. The fourth-order valence-electron chi connectivity index (χ4n) is 4.45. The van der Waals surface area contributed by atoms with Gasteiger partial charge >= 0.3 is 12.0 Å². The standard InChI is InChI=1S/C22H27F2N5O4S/c1-12-6-17(24)13(7-16(12)23)11-33-19-18(21(30)31)20(34-27-19)26-22(32)25-4-3-5-29-10-14-8-15(29)9-28(14)2/h6-7,14-15H,3-5,8-11H2,1-2H3,(H,30,31)(H2,25,26,32). The number of carboxylic acid groups (broad SMARTS) is 1. The lowest BCUT2D eigenvalue weighted by Gasteiger charge is -2.31. The van der Waals surface area contributed by atoms with Crippen molar-refractivity contribution in [2.75, 3.05) is 38.5 Å². The molecule has 9 nitrogen and oxygen atoms in total. The first-order chi connectivity index (χ1) is 16.2. The van der Waals surface area contributed by atoms with Crippen molar-refractivity contribution < 1.29 is 28.2 Å². The minimum Gasteiger partial charge on any atom is -0.477 e. The van der Waals surface area contributed by atoms with Crippen LogP contribution in [0.5, 0.6) is 5.88 Å². The highest BCUT2D eigenvalue weighted by Gasteiger charge is 2.40. The van der Waals surface area contributed by atoms with Crippen molar-refractivity contribution in [1.82, 2.24) is 19.5 Å². The van der Waals surface area contributed by atoms with Crippen LogP contribution >= 0.6 is 11.5 Å². The molecule has 4 rings (SSSR count). The number of carbonyl (C=O) groups excluding carboxylic acids is 1. The van der Waals surface area contributed by atoms with Crippen LogP contribution in [0.15, 0.2) is 12.1 Å². The lowest BCUT2D eigenvalue weighted by atomic mass is 10.1. The summed E-state index contributed by atoms with van der Waals surface area (Å²) in [5.41, 5.74) is -0.262. The molecule has 2 atom stereocenters. The van der Waals surface area contributed by atoms with Gasteiger partial charge in [-0.25, -0.2) is 18.4 Å². The molecular formula is C22H27F2N5O4S. The van der Waals surface area contributed by atoms with Gasteiger partial charge in [-0.3, -0.25) is 10.2 Å². The zero-order valence-corrected chi connectivity index (χ0v) is 19.8. The van der Waals surface area contributed by atoms with Crippen LogP contribution in [0, 0.1) is 18.6 Å². The molecule has 1 aromatic carbocycles. The smallest absolute Gasteiger partial charge is 0.344 e. The molecule has 1 aromatic heterocycles. The number of likely N-dealkylation sites (tertiary alicyclic amines) is 2. The molecule has 0 radical (unpaired) electrons. The van der Waals surface area contributed by atoms with Gasteiger partial charge in [-0.2, -0.15) is 4.37 Å². The van der Waals surface area contributed by atoms with Gasteiger partial charge in [-0.15, -0.1) is 0 Å². The number of nitrogens with zero attached hydrogens (tertiary/aromatic N) is 3. The topological polar surface area (TPSA) is 107 Å². The van der Waals surface area contributed by atoms with Crippen molar-refractivity contribution in [3.8, 4) is 5.88 Å². The minimum atomic E-state index is -1.36. The predicted octanol–water partition coefficient (Wildman–Crippen LogP) is 2.91. The summed E-state index contributed by atoms with van der Waals surface area (Å²) in [6.07, 6.45) is 1.98. The summed E-state index contributed by atoms with van der Waals surface area (Å²) in [5, 5.41) is 14.8. The van der Waals surface area contributed by atoms with Crippen LogP contribution in [0.1, 0.15) is 34.3 Å². The molecule has 2 fully saturated rings. The van der Waals surface area contributed by atoms with Crippen molar-refractivity contribution in [2.45, 2.75) is 38.5 Å². The van der Waals surface area contributed by atoms with Crippen molar-refractivity contribution in [3.63, 3.8) is 0 Å². The summed E-state index contributed by atoms with van der Waals surface area (Å²) in [7, 11) is 2.15. The molecule has 0 aliphatic carbocycles. The highest BCUT2D eigenvalue weighted by Crippen LogP contribution is 2.32. The molecule has 2 bridgehead atoms. The Kier molecular flexibility index (Phi) is 7.29. The Hall–Kier alpha value is -2.83. The van der Waals surface area contributed by atoms with E-state index in [9.17, 15) is 23.5 Å². The van der Waals surface area contributed by atoms with Crippen LogP contribution in [0.2, 0.25) is 0 Å². The van der Waals surface area contributed by atoms with E-state index < -0.39 is 30.2 Å². The molecule has 0 spiro atoms. The second kappa shape index (κ2) is 10.2. The van der Waals surface area contributed by atoms with Crippen molar-refractivity contribution in [1.29, 1.82) is 0 Å². The van der Waals surface area contributed by atoms with Gasteiger partial charge in [0, 0.05) is 43.8 Å². The van der Waals surface area contributed by atoms with Crippen LogP contribution in [0.25, 0.3) is 0 Å². The summed E-state index contributed by atoms with van der Waals surface area (Å²) >= 11 is 0.737. The van der Waals surface area contributed by atoms with Crippen molar-refractivity contribution in [3.05, 3.63) is 40.5 Å². The van der Waals surface area contributed by atoms with Crippen LogP contribution in [0.4, 0.5) is 18.6 Å². The first-order valence-corrected chi connectivity index (χ1v) is 11.8. The van der Waals surface area contributed by atoms with Gasteiger partial charge in [-0.05, 0) is 56.0 Å². The van der Waals surface area contributed by atoms with Crippen molar-refractivity contribution >= 4 is 28.5 Å². The first-order valence-electron chi connectivity index (χ1n) is 11.0. The molecule has 2 amide bonds. The maximum absolute atomic E-state index is 14.0. The highest BCUT2D eigenvalue weighted by atomic mass is 32.1. The maximum atomic E-state index is 14.0. The highest BCUT2D eigenvalue weighted by molar-refractivity contribution is 7.11. The Bertz CT molecular complexity index is 1080. The molecule has 184 valence electrons. The van der Waals surface area contributed by atoms with E-state index in [1.54, 1.807) is 0 Å². The molecular weight excluding hydrogens is 468 g/mol. The normalized spacial score (nSPS) is 20.0. The molecule has 2 unspecified atom stereocenters. The lowest BCUT2D eigenvalue weighted by Crippen LogP contribution is -2.45. The fourth-order valence-corrected chi connectivity index (χ4v) is 5.17. The number of rotatable bonds is 9. The quantitative estimate of drug-likeness (QED) is 0.459. The second-order valence-corrected chi connectivity index (χ2v) is 9.46. The molecule has 2 aliphatic rings. The van der Waals surface area contributed by atoms with E-state index in [1.807, 2.05) is 0 Å². The number of aromatic nitrogens is 1. The van der Waals surface area contributed by atoms with Gasteiger partial charge in [0.25, 0.3) is 0 Å². The minimum absolute atomic E-state index is 0.00421. The molecule has 3 N–H and O–H groups in total. The second-order valence-electron chi connectivity index (χ2n) is 8.69. The van der Waals surface area contributed by atoms with E-state index >= 15 is 0 Å². The predicted molar refractivity (Wildman–Crippen MR) is 123 cm³/mol. The van der Waals surface area contributed by atoms with E-state index in [4.69, 9.17) is 4.74 Å². The average molecular weight is 496 g/mol. The summed E-state index contributed by atoms with van der Waals surface area (Å²) in [6, 6.07) is 2.70. The summed E-state index contributed by atoms with van der Waals surface area (Å²) in [6.45, 7) is 4.50. The number of carbonyl (C=O) groups is 2. The molecule has 2 aliphatic heterocycles. The summed E-state index contributed by atoms with van der Waals surface area (Å²) in [4.78, 5) is 28.8. The number of carboxylic acids is 1. The van der Waals surface area contributed by atoms with Gasteiger partial charge in [-0.1, -0.05) is 0 Å². The molecule has 2 aromatic rings. The third-order valence-electron chi connectivity index (χ3n) is 6.33. The monoisotopic (exact) mass is 495 g/mol. The molecule has 12 heteroatoms. The Morgan fingerprint density at radius 1 is 1.26 bits per heavy atom. The zero-order valence-electron chi connectivity index (χ0n) is 18.9. The number of piperazine rings is 1. The van der Waals surface area contributed by atoms with Crippen molar-refractivity contribution in [2.24, 2.45) is 0 Å². The van der Waals surface area contributed by atoms with Gasteiger partial charge in [0.2, 0.25) is 5.88 Å². The number of anilines is 1. The van der Waals surface area contributed by atoms with E-state index in [0.717, 1.165) is 49.7 Å². The molecule has 3 heterocycles. The van der Waals surface area contributed by atoms with E-state index in [2.05, 4.69) is 31.9 Å². The number of benzene rings is 1. The van der Waals surface area contributed by atoms with Crippen LogP contribution < -0.4 is 15.4 Å². The number of halogens is 2. The average Bonchev–Trinajstić information content (AvgIpc) is 3.46. The van der Waals surface area contributed by atoms with Crippen LogP contribution in [-0.4, -0.2) is 76.6 Å². The van der Waals surface area contributed by atoms with E-state index in [-0.39, 0.29) is 27.6 Å². The number of ether oxygens (including phenoxy) is 1. The Labute approximate surface area is 199 Å². The number of hydrogen-bond acceptors (Lipinski definition) is 7. The zero-order chi connectivity index (χ0) is 24.4. The number of amides is 2. The SMILES string of the molecule is Cc1cc(F)c(COc2nsc(NC(=O)NCCCN3CC4CC3CN4C)c2C(=O)O)cc1F. The number of fused-ring (bicyclic) bond motifs is 2. The number of urea groups is 1. The fraction of sp³-hybridized carbons (Fsp3) is 0.500. The lowest BCUT2D eigenvalue weighted by molar-refractivity contribution is 0.0693. The van der Waals surface area contributed by atoms with Gasteiger partial charge in [0.15, 0.2) is 5.56 Å². The molecule has 2 saturated heterocycles. The van der Waals surface area contributed by atoms with E-state index in [1.165, 1.54) is 13.3 Å². The maximum Gasteiger partial charge on any atom is 0.344 e. The molecule has 34 heavy (non-hydrogen) atoms. The van der Waals surface area contributed by atoms with Gasteiger partial charge in [0.1, 0.15) is 23.2 Å². The van der Waals surface area contributed by atoms with Crippen LogP contribution in [-0.2, 0) is 6.61 Å². The van der Waals surface area contributed by atoms with Crippen LogP contribution in [0.3, 0.4) is 0 Å². The third kappa shape index (κ3) is 5.29. The van der Waals surface area contributed by atoms with Gasteiger partial charge < -0.3 is 20.1 Å². The number of aryl methyl sites for hydroxylation is 1. The summed E-state index contributed by atoms with van der Waals surface area (Å²) in [5.74, 6) is -2.90. The Morgan fingerprint density at radius 2 is 2.06 bits per heavy atom. The summed E-state index contributed by atoms with van der Waals surface area (Å²) < 4.78 is 37.0. The number of likely N-dealkylation sites (N-methyl/N-ethyl adjacent to an activating group) is 1. The number of nitrogens with one attached hydrogen (secondary N) is 2. The number of hydrogen-bond donors (Lipinski definition) is 3. The molecule has 0 saturated carbocycles. The van der Waals surface area contributed by atoms with E-state index in [0.29, 0.717) is 18.6 Å². The van der Waals surface area contributed by atoms with Gasteiger partial charge in [0.05, 0.1) is 0 Å². The number of aromatic carboxylic acids is 1.